The minimum Gasteiger partial charge on any atom is -0.494 e. The lowest BCUT2D eigenvalue weighted by atomic mass is 10.1. The van der Waals surface area contributed by atoms with Crippen LogP contribution in [0.25, 0.3) is 0 Å². The minimum atomic E-state index is 0.459. The highest BCUT2D eigenvalue weighted by Crippen LogP contribution is 2.28. The van der Waals surface area contributed by atoms with Gasteiger partial charge in [-0.2, -0.15) is 0 Å². The van der Waals surface area contributed by atoms with Gasteiger partial charge in [0.25, 0.3) is 0 Å². The molecule has 0 fully saturated rings. The van der Waals surface area contributed by atoms with E-state index in [2.05, 4.69) is 0 Å². The summed E-state index contributed by atoms with van der Waals surface area (Å²) in [6.07, 6.45) is 0. The van der Waals surface area contributed by atoms with Crippen molar-refractivity contribution in [2.45, 2.75) is 20.4 Å². The van der Waals surface area contributed by atoms with Gasteiger partial charge in [0, 0.05) is 18.2 Å². The fourth-order valence-corrected chi connectivity index (χ4v) is 1.85. The molecule has 100 valence electrons. The molecular weight excluding hydrogens is 238 g/mol. The molecule has 0 aromatic heterocycles. The van der Waals surface area contributed by atoms with Crippen LogP contribution in [0.3, 0.4) is 0 Å². The van der Waals surface area contributed by atoms with Crippen LogP contribution in [0.2, 0.25) is 0 Å². The monoisotopic (exact) mass is 257 g/mol. The Balaban J connectivity index is 2.25. The lowest BCUT2D eigenvalue weighted by molar-refractivity contribution is 0.338. The summed E-state index contributed by atoms with van der Waals surface area (Å²) >= 11 is 0. The standard InChI is InChI=1S/C16H19NO2/c1-3-18-14-5-4-6-15(10-14)19-16-9-12(2)7-8-13(16)11-17/h4-10H,3,11,17H2,1-2H3. The van der Waals surface area contributed by atoms with Gasteiger partial charge in [-0.25, -0.2) is 0 Å². The molecule has 0 heterocycles. The van der Waals surface area contributed by atoms with Gasteiger partial charge < -0.3 is 15.2 Å². The first-order chi connectivity index (χ1) is 9.22. The van der Waals surface area contributed by atoms with Crippen LogP contribution in [0.5, 0.6) is 17.2 Å². The topological polar surface area (TPSA) is 44.5 Å². The van der Waals surface area contributed by atoms with Crippen LogP contribution in [0.1, 0.15) is 18.1 Å². The van der Waals surface area contributed by atoms with E-state index in [1.54, 1.807) is 0 Å². The average Bonchev–Trinajstić information content (AvgIpc) is 2.40. The van der Waals surface area contributed by atoms with Crippen LogP contribution in [0.4, 0.5) is 0 Å². The van der Waals surface area contributed by atoms with Crippen molar-refractivity contribution in [3.05, 3.63) is 53.6 Å². The fourth-order valence-electron chi connectivity index (χ4n) is 1.85. The van der Waals surface area contributed by atoms with Crippen molar-refractivity contribution in [1.29, 1.82) is 0 Å². The molecule has 0 unspecified atom stereocenters. The van der Waals surface area contributed by atoms with Crippen LogP contribution in [0.15, 0.2) is 42.5 Å². The van der Waals surface area contributed by atoms with Gasteiger partial charge in [0.2, 0.25) is 0 Å². The van der Waals surface area contributed by atoms with Crippen molar-refractivity contribution < 1.29 is 9.47 Å². The number of benzene rings is 2. The third-order valence-corrected chi connectivity index (χ3v) is 2.79. The van der Waals surface area contributed by atoms with E-state index < -0.39 is 0 Å². The van der Waals surface area contributed by atoms with Crippen LogP contribution < -0.4 is 15.2 Å². The number of hydrogen-bond donors (Lipinski definition) is 1. The van der Waals surface area contributed by atoms with Crippen LogP contribution in [-0.2, 0) is 6.54 Å². The second kappa shape index (κ2) is 6.25. The molecule has 0 radical (unpaired) electrons. The molecule has 0 aliphatic heterocycles. The quantitative estimate of drug-likeness (QED) is 0.889. The van der Waals surface area contributed by atoms with E-state index in [4.69, 9.17) is 15.2 Å². The molecular formula is C16H19NO2. The first-order valence-corrected chi connectivity index (χ1v) is 6.43. The zero-order valence-corrected chi connectivity index (χ0v) is 11.3. The molecule has 2 N–H and O–H groups in total. The average molecular weight is 257 g/mol. The molecule has 0 aliphatic rings. The summed E-state index contributed by atoms with van der Waals surface area (Å²) in [6.45, 7) is 5.09. The summed E-state index contributed by atoms with van der Waals surface area (Å²) in [6, 6.07) is 13.6. The van der Waals surface area contributed by atoms with Gasteiger partial charge in [0.05, 0.1) is 6.61 Å². The van der Waals surface area contributed by atoms with E-state index in [1.165, 1.54) is 0 Å². The molecule has 0 saturated carbocycles. The first kappa shape index (κ1) is 13.4. The molecule has 0 amide bonds. The number of rotatable bonds is 5. The molecule has 0 bridgehead atoms. The Morgan fingerprint density at radius 2 is 1.84 bits per heavy atom. The third-order valence-electron chi connectivity index (χ3n) is 2.79. The fraction of sp³-hybridized carbons (Fsp3) is 0.250. The van der Waals surface area contributed by atoms with Gasteiger partial charge in [0.1, 0.15) is 17.2 Å². The zero-order valence-electron chi connectivity index (χ0n) is 11.3. The molecule has 0 aliphatic carbocycles. The normalized spacial score (nSPS) is 10.3. The van der Waals surface area contributed by atoms with Crippen molar-refractivity contribution in [2.75, 3.05) is 6.61 Å². The summed E-state index contributed by atoms with van der Waals surface area (Å²) in [4.78, 5) is 0. The smallest absolute Gasteiger partial charge is 0.132 e. The van der Waals surface area contributed by atoms with E-state index in [1.807, 2.05) is 56.3 Å². The van der Waals surface area contributed by atoms with Gasteiger partial charge in [-0.3, -0.25) is 0 Å². The number of aryl methyl sites for hydroxylation is 1. The Morgan fingerprint density at radius 3 is 2.58 bits per heavy atom. The summed E-state index contributed by atoms with van der Waals surface area (Å²) in [5.74, 6) is 2.37. The van der Waals surface area contributed by atoms with E-state index in [0.29, 0.717) is 13.2 Å². The van der Waals surface area contributed by atoms with E-state index in [9.17, 15) is 0 Å². The van der Waals surface area contributed by atoms with Crippen molar-refractivity contribution in [3.8, 4) is 17.2 Å². The Morgan fingerprint density at radius 1 is 1.05 bits per heavy atom. The van der Waals surface area contributed by atoms with Crippen LogP contribution in [-0.4, -0.2) is 6.61 Å². The van der Waals surface area contributed by atoms with E-state index in [0.717, 1.165) is 28.4 Å². The second-order valence-corrected chi connectivity index (χ2v) is 4.33. The number of hydrogen-bond acceptors (Lipinski definition) is 3. The molecule has 19 heavy (non-hydrogen) atoms. The summed E-state index contributed by atoms with van der Waals surface area (Å²) in [7, 11) is 0. The Kier molecular flexibility index (Phi) is 4.42. The van der Waals surface area contributed by atoms with Crippen molar-refractivity contribution in [1.82, 2.24) is 0 Å². The maximum atomic E-state index is 5.91. The van der Waals surface area contributed by atoms with Crippen molar-refractivity contribution in [2.24, 2.45) is 5.73 Å². The van der Waals surface area contributed by atoms with Gasteiger partial charge in [0.15, 0.2) is 0 Å². The number of ether oxygens (including phenoxy) is 2. The molecule has 3 nitrogen and oxygen atoms in total. The van der Waals surface area contributed by atoms with Gasteiger partial charge in [-0.15, -0.1) is 0 Å². The molecule has 0 spiro atoms. The second-order valence-electron chi connectivity index (χ2n) is 4.33. The molecule has 0 saturated heterocycles. The number of nitrogens with two attached hydrogens (primary N) is 1. The largest absolute Gasteiger partial charge is 0.494 e. The van der Waals surface area contributed by atoms with Gasteiger partial charge in [-0.05, 0) is 37.6 Å². The Bertz CT molecular complexity index is 552. The third kappa shape index (κ3) is 3.48. The van der Waals surface area contributed by atoms with Crippen LogP contribution in [0, 0.1) is 6.92 Å². The molecule has 2 aromatic rings. The van der Waals surface area contributed by atoms with E-state index in [-0.39, 0.29) is 0 Å². The highest BCUT2D eigenvalue weighted by atomic mass is 16.5. The summed E-state index contributed by atoms with van der Waals surface area (Å²) < 4.78 is 11.4. The SMILES string of the molecule is CCOc1cccc(Oc2cc(C)ccc2CN)c1. The molecule has 2 aromatic carbocycles. The predicted octanol–water partition coefficient (Wildman–Crippen LogP) is 3.64. The molecule has 0 atom stereocenters. The zero-order chi connectivity index (χ0) is 13.7. The molecule has 2 rings (SSSR count). The molecule has 3 heteroatoms. The van der Waals surface area contributed by atoms with Crippen molar-refractivity contribution in [3.63, 3.8) is 0 Å². The highest BCUT2D eigenvalue weighted by Gasteiger charge is 2.05. The minimum absolute atomic E-state index is 0.459. The van der Waals surface area contributed by atoms with Gasteiger partial charge >= 0.3 is 0 Å². The van der Waals surface area contributed by atoms with E-state index >= 15 is 0 Å². The van der Waals surface area contributed by atoms with Gasteiger partial charge in [-0.1, -0.05) is 18.2 Å². The lowest BCUT2D eigenvalue weighted by Gasteiger charge is -2.12. The maximum Gasteiger partial charge on any atom is 0.132 e. The summed E-state index contributed by atoms with van der Waals surface area (Å²) in [5.41, 5.74) is 7.87. The van der Waals surface area contributed by atoms with Crippen molar-refractivity contribution >= 4 is 0 Å². The maximum absolute atomic E-state index is 5.91. The predicted molar refractivity (Wildman–Crippen MR) is 76.8 cm³/mol. The first-order valence-electron chi connectivity index (χ1n) is 6.43. The summed E-state index contributed by atoms with van der Waals surface area (Å²) in [5, 5.41) is 0. The van der Waals surface area contributed by atoms with Crippen LogP contribution >= 0.6 is 0 Å². The lowest BCUT2D eigenvalue weighted by Crippen LogP contribution is -2.00. The Hall–Kier alpha value is -2.00. The highest BCUT2D eigenvalue weighted by molar-refractivity contribution is 5.42. The Labute approximate surface area is 114 Å².